The number of nitrogens with one attached hydrogen (secondary N) is 4. The lowest BCUT2D eigenvalue weighted by atomic mass is 10.2. The summed E-state index contributed by atoms with van der Waals surface area (Å²) in [5.74, 6) is 0.719. The lowest BCUT2D eigenvalue weighted by Gasteiger charge is -2.13. The highest BCUT2D eigenvalue weighted by Gasteiger charge is 2.09. The van der Waals surface area contributed by atoms with Crippen molar-refractivity contribution in [2.24, 2.45) is 11.8 Å². The summed E-state index contributed by atoms with van der Waals surface area (Å²) in [5, 5.41) is 11.8. The van der Waals surface area contributed by atoms with Gasteiger partial charge in [0.25, 0.3) is 0 Å². The summed E-state index contributed by atoms with van der Waals surface area (Å²) >= 11 is 0. The highest BCUT2D eigenvalue weighted by molar-refractivity contribution is 6.00. The van der Waals surface area contributed by atoms with Crippen LogP contribution in [-0.4, -0.2) is 38.0 Å². The van der Waals surface area contributed by atoms with E-state index >= 15 is 0 Å². The molecule has 150 valence electrons. The molecule has 0 spiro atoms. The van der Waals surface area contributed by atoms with Crippen molar-refractivity contribution in [3.8, 4) is 0 Å². The molecule has 4 N–H and O–H groups in total. The number of benzene rings is 1. The predicted molar refractivity (Wildman–Crippen MR) is 114 cm³/mol. The van der Waals surface area contributed by atoms with Crippen molar-refractivity contribution >= 4 is 48.0 Å². The van der Waals surface area contributed by atoms with Crippen molar-refractivity contribution in [3.05, 3.63) is 24.3 Å². The molecule has 0 atom stereocenters. The summed E-state index contributed by atoms with van der Waals surface area (Å²) in [5.41, 5.74) is 1.21. The molecule has 2 amide bonds. The van der Waals surface area contributed by atoms with Crippen molar-refractivity contribution < 1.29 is 9.59 Å². The van der Waals surface area contributed by atoms with E-state index in [0.29, 0.717) is 23.2 Å². The van der Waals surface area contributed by atoms with Gasteiger partial charge in [-0.2, -0.15) is 0 Å². The van der Waals surface area contributed by atoms with E-state index < -0.39 is 0 Å². The molecular weight excluding hydrogens is 375 g/mol. The number of carbonyl (C=O) groups excluding carboxylic acids is 2. The molecule has 0 heterocycles. The topological polar surface area (TPSA) is 82.3 Å². The Kier molecular flexibility index (Phi) is 15.3. The van der Waals surface area contributed by atoms with Crippen LogP contribution in [0.4, 0.5) is 11.4 Å². The van der Waals surface area contributed by atoms with Gasteiger partial charge in [-0.05, 0) is 37.1 Å². The van der Waals surface area contributed by atoms with Crippen LogP contribution in [0.5, 0.6) is 0 Å². The molecular formula is C18H32Cl2N4O2. The van der Waals surface area contributed by atoms with E-state index in [0.717, 1.165) is 13.1 Å². The average molecular weight is 407 g/mol. The number of amides is 2. The highest BCUT2D eigenvalue weighted by Crippen LogP contribution is 2.20. The second-order valence-corrected chi connectivity index (χ2v) is 6.69. The first-order chi connectivity index (χ1) is 11.4. The minimum Gasteiger partial charge on any atom is -0.323 e. The number of hydrogen-bond donors (Lipinski definition) is 4. The standard InChI is InChI=1S/C18H30N4O2.2ClH/c1-13(2)9-19-11-17(23)21-15-7-5-6-8-16(15)22-18(24)12-20-10-14(3)4;;/h5-8,13-14,19-20H,9-12H2,1-4H3,(H,21,23)(H,22,24);2*1H. The maximum absolute atomic E-state index is 12.0. The van der Waals surface area contributed by atoms with E-state index in [2.05, 4.69) is 49.0 Å². The molecule has 1 aromatic carbocycles. The van der Waals surface area contributed by atoms with Crippen LogP contribution < -0.4 is 21.3 Å². The zero-order valence-corrected chi connectivity index (χ0v) is 17.6. The van der Waals surface area contributed by atoms with Crippen LogP contribution in [0.3, 0.4) is 0 Å². The van der Waals surface area contributed by atoms with Gasteiger partial charge in [-0.15, -0.1) is 24.8 Å². The molecule has 1 aromatic rings. The van der Waals surface area contributed by atoms with Gasteiger partial charge in [0.05, 0.1) is 24.5 Å². The zero-order chi connectivity index (χ0) is 17.9. The van der Waals surface area contributed by atoms with Gasteiger partial charge in [-0.1, -0.05) is 39.8 Å². The quantitative estimate of drug-likeness (QED) is 0.481. The second kappa shape index (κ2) is 14.8. The lowest BCUT2D eigenvalue weighted by molar-refractivity contribution is -0.116. The largest absolute Gasteiger partial charge is 0.323 e. The summed E-state index contributed by atoms with van der Waals surface area (Å²) in [6.07, 6.45) is 0. The Bertz CT molecular complexity index is 493. The van der Waals surface area contributed by atoms with Gasteiger partial charge >= 0.3 is 0 Å². The van der Waals surface area contributed by atoms with Crippen molar-refractivity contribution in [1.82, 2.24) is 10.6 Å². The van der Waals surface area contributed by atoms with Crippen molar-refractivity contribution in [2.45, 2.75) is 27.7 Å². The first-order valence-corrected chi connectivity index (χ1v) is 8.48. The van der Waals surface area contributed by atoms with Crippen LogP contribution in [0.2, 0.25) is 0 Å². The van der Waals surface area contributed by atoms with E-state index in [1.165, 1.54) is 0 Å². The number of carbonyl (C=O) groups is 2. The SMILES string of the molecule is CC(C)CNCC(=O)Nc1ccccc1NC(=O)CNCC(C)C.Cl.Cl. The van der Waals surface area contributed by atoms with E-state index in [1.54, 1.807) is 12.1 Å². The zero-order valence-electron chi connectivity index (χ0n) is 15.9. The molecule has 0 unspecified atom stereocenters. The minimum absolute atomic E-state index is 0. The van der Waals surface area contributed by atoms with Gasteiger partial charge in [0.1, 0.15) is 0 Å². The van der Waals surface area contributed by atoms with Crippen LogP contribution >= 0.6 is 24.8 Å². The van der Waals surface area contributed by atoms with E-state index in [1.807, 2.05) is 12.1 Å². The minimum atomic E-state index is -0.129. The Labute approximate surface area is 169 Å². The van der Waals surface area contributed by atoms with Gasteiger partial charge in [0, 0.05) is 0 Å². The number of para-hydroxylation sites is 2. The van der Waals surface area contributed by atoms with Gasteiger partial charge in [0.15, 0.2) is 0 Å². The first-order valence-electron chi connectivity index (χ1n) is 8.48. The van der Waals surface area contributed by atoms with Crippen LogP contribution in [0.15, 0.2) is 24.3 Å². The highest BCUT2D eigenvalue weighted by atomic mass is 35.5. The molecule has 1 rings (SSSR count). The Morgan fingerprint density at radius 3 is 1.42 bits per heavy atom. The third-order valence-electron chi connectivity index (χ3n) is 3.15. The van der Waals surface area contributed by atoms with Gasteiger partial charge in [-0.3, -0.25) is 9.59 Å². The van der Waals surface area contributed by atoms with Gasteiger partial charge in [-0.25, -0.2) is 0 Å². The molecule has 0 bridgehead atoms. The fourth-order valence-electron chi connectivity index (χ4n) is 2.04. The maximum Gasteiger partial charge on any atom is 0.238 e. The molecule has 0 saturated carbocycles. The molecule has 26 heavy (non-hydrogen) atoms. The average Bonchev–Trinajstić information content (AvgIpc) is 2.48. The van der Waals surface area contributed by atoms with Crippen molar-refractivity contribution in [3.63, 3.8) is 0 Å². The summed E-state index contributed by atoms with van der Waals surface area (Å²) in [4.78, 5) is 24.0. The number of hydrogen-bond acceptors (Lipinski definition) is 4. The molecule has 0 saturated heterocycles. The summed E-state index contributed by atoms with van der Waals surface area (Å²) < 4.78 is 0. The van der Waals surface area contributed by atoms with Crippen LogP contribution in [0.1, 0.15) is 27.7 Å². The van der Waals surface area contributed by atoms with E-state index in [9.17, 15) is 9.59 Å². The number of halogens is 2. The van der Waals surface area contributed by atoms with E-state index in [4.69, 9.17) is 0 Å². The Morgan fingerprint density at radius 2 is 1.12 bits per heavy atom. The molecule has 6 nitrogen and oxygen atoms in total. The van der Waals surface area contributed by atoms with Crippen LogP contribution in [-0.2, 0) is 9.59 Å². The normalized spacial score (nSPS) is 10.1. The number of anilines is 2. The molecule has 0 aliphatic rings. The fraction of sp³-hybridized carbons (Fsp3) is 0.556. The van der Waals surface area contributed by atoms with E-state index in [-0.39, 0.29) is 49.7 Å². The molecule has 0 radical (unpaired) electrons. The third-order valence-corrected chi connectivity index (χ3v) is 3.15. The first kappa shape index (κ1) is 26.9. The number of rotatable bonds is 10. The summed E-state index contributed by atoms with van der Waals surface area (Å²) in [6, 6.07) is 7.20. The van der Waals surface area contributed by atoms with Gasteiger partial charge < -0.3 is 21.3 Å². The molecule has 0 aliphatic carbocycles. The summed E-state index contributed by atoms with van der Waals surface area (Å²) in [6.45, 7) is 10.4. The molecule has 0 fully saturated rings. The van der Waals surface area contributed by atoms with Crippen molar-refractivity contribution in [1.29, 1.82) is 0 Å². The third kappa shape index (κ3) is 12.1. The molecule has 0 aliphatic heterocycles. The van der Waals surface area contributed by atoms with Crippen molar-refractivity contribution in [2.75, 3.05) is 36.8 Å². The Balaban J connectivity index is 0. The predicted octanol–water partition coefficient (Wildman–Crippen LogP) is 2.90. The molecule has 0 aromatic heterocycles. The van der Waals surface area contributed by atoms with Crippen LogP contribution in [0.25, 0.3) is 0 Å². The van der Waals surface area contributed by atoms with Crippen LogP contribution in [0, 0.1) is 11.8 Å². The smallest absolute Gasteiger partial charge is 0.238 e. The molecule has 8 heteroatoms. The Hall–Kier alpha value is -1.34. The lowest BCUT2D eigenvalue weighted by Crippen LogP contribution is -2.32. The fourth-order valence-corrected chi connectivity index (χ4v) is 2.04. The van der Waals surface area contributed by atoms with Gasteiger partial charge in [0.2, 0.25) is 11.8 Å². The maximum atomic E-state index is 12.0. The second-order valence-electron chi connectivity index (χ2n) is 6.69. The summed E-state index contributed by atoms with van der Waals surface area (Å²) in [7, 11) is 0. The monoisotopic (exact) mass is 406 g/mol. The Morgan fingerprint density at radius 1 is 0.769 bits per heavy atom.